The van der Waals surface area contributed by atoms with E-state index in [9.17, 15) is 0 Å². The molecule has 9 heavy (non-hydrogen) atoms. The molecule has 0 aromatic rings. The van der Waals surface area contributed by atoms with Crippen LogP contribution >= 0.6 is 27.0 Å². The van der Waals surface area contributed by atoms with Gasteiger partial charge in [0, 0.05) is 222 Å². The molecule has 0 fully saturated rings. The van der Waals surface area contributed by atoms with Crippen molar-refractivity contribution in [3.05, 3.63) is 0 Å². The molecule has 10 radical (unpaired) electrons. The number of hydrogen-bond donors (Lipinski definition) is 0. The molecule has 0 aromatic carbocycles. The van der Waals surface area contributed by atoms with E-state index in [0.29, 0.717) is 0 Å². The van der Waals surface area contributed by atoms with E-state index in [-0.39, 0.29) is 249 Å². The Hall–Kier alpha value is 7.92. The third kappa shape index (κ3) is 49.2. The minimum absolute atomic E-state index is 0. The van der Waals surface area contributed by atoms with E-state index in [1.165, 1.54) is 0 Å². The summed E-state index contributed by atoms with van der Waals surface area (Å²) in [5.41, 5.74) is 0. The van der Waals surface area contributed by atoms with Crippen molar-refractivity contribution in [3.8, 4) is 0 Å². The van der Waals surface area contributed by atoms with Crippen LogP contribution in [-0.4, -0.2) is 136 Å². The van der Waals surface area contributed by atoms with Gasteiger partial charge in [0.05, 0.1) is 0 Å². The molecule has 0 N–H and O–H groups in total. The molecule has 0 bridgehead atoms. The predicted molar refractivity (Wildman–Crippen MR) is 38.0 cm³/mol. The third-order valence-corrected chi connectivity index (χ3v) is 0. The standard InChI is InChI=1S/2Cu.2H2S.2Sc.3Sr/h;;2*1H2;;;;;. The Kier molecular flexibility index (Phi) is 429. The van der Waals surface area contributed by atoms with E-state index in [4.69, 9.17) is 0 Å². The summed E-state index contributed by atoms with van der Waals surface area (Å²) in [5, 5.41) is 0. The summed E-state index contributed by atoms with van der Waals surface area (Å²) in [6, 6.07) is 0. The second-order valence-electron chi connectivity index (χ2n) is 0. The van der Waals surface area contributed by atoms with Gasteiger partial charge in [-0.15, -0.1) is 0 Å². The molecule has 0 aliphatic carbocycles. The van der Waals surface area contributed by atoms with Crippen LogP contribution in [0.25, 0.3) is 0 Å². The van der Waals surface area contributed by atoms with Crippen LogP contribution in [0.2, 0.25) is 0 Å². The fourth-order valence-corrected chi connectivity index (χ4v) is 0. The van der Waals surface area contributed by atoms with E-state index in [2.05, 4.69) is 0 Å². The molecule has 0 aromatic heterocycles. The van der Waals surface area contributed by atoms with Crippen LogP contribution in [0, 0.1) is 0 Å². The SMILES string of the molecule is S.S.[Cu].[Cu].[Sc].[Sc].[Sr].[Sr].[Sr]. The van der Waals surface area contributed by atoms with Crippen molar-refractivity contribution in [3.63, 3.8) is 0 Å². The second-order valence-corrected chi connectivity index (χ2v) is 0. The first-order chi connectivity index (χ1) is 0. The average molecular weight is 548 g/mol. The van der Waals surface area contributed by atoms with Gasteiger partial charge in [-0.05, 0) is 0 Å². The summed E-state index contributed by atoms with van der Waals surface area (Å²) < 4.78 is 0. The van der Waals surface area contributed by atoms with Gasteiger partial charge in [-0.1, -0.05) is 0 Å². The van der Waals surface area contributed by atoms with Gasteiger partial charge in [-0.3, -0.25) is 0 Å². The maximum absolute atomic E-state index is 0. The Labute approximate surface area is 241 Å². The van der Waals surface area contributed by atoms with E-state index >= 15 is 0 Å². The molecule has 0 aliphatic rings. The van der Waals surface area contributed by atoms with Crippen molar-refractivity contribution in [2.24, 2.45) is 0 Å². The zero-order valence-electron chi connectivity index (χ0n) is 4.88. The largest absolute Gasteiger partial charge is 0.197 e. The van der Waals surface area contributed by atoms with Gasteiger partial charge in [0.2, 0.25) is 0 Å². The zero-order valence-corrected chi connectivity index (χ0v) is 22.8. The van der Waals surface area contributed by atoms with E-state index < -0.39 is 0 Å². The van der Waals surface area contributed by atoms with Gasteiger partial charge in [-0.25, -0.2) is 0 Å². The van der Waals surface area contributed by atoms with Crippen LogP contribution in [0.4, 0.5) is 0 Å². The fraction of sp³-hybridized carbons (Fsp3) is 0. The Morgan fingerprint density at radius 3 is 0.444 bits per heavy atom. The average Bonchev–Trinajstić information content (AvgIpc) is 0. The number of rotatable bonds is 0. The molecular weight excluding hydrogens is 544 g/mol. The van der Waals surface area contributed by atoms with E-state index in [1.54, 1.807) is 0 Å². The maximum atomic E-state index is 0. The Morgan fingerprint density at radius 1 is 0.444 bits per heavy atom. The van der Waals surface area contributed by atoms with Crippen molar-refractivity contribution < 1.29 is 85.8 Å². The molecule has 50 valence electrons. The molecule has 0 saturated heterocycles. The molecular formula is H4Cu2S2Sc2Sr3. The topological polar surface area (TPSA) is 0 Å². The maximum Gasteiger partial charge on any atom is 0 e. The zero-order chi connectivity index (χ0) is 0. The van der Waals surface area contributed by atoms with Crippen LogP contribution < -0.4 is 0 Å². The van der Waals surface area contributed by atoms with Gasteiger partial charge in [0.1, 0.15) is 0 Å². The Morgan fingerprint density at radius 2 is 0.444 bits per heavy atom. The summed E-state index contributed by atoms with van der Waals surface area (Å²) in [6.45, 7) is 0. The summed E-state index contributed by atoms with van der Waals surface area (Å²) >= 11 is 0. The quantitative estimate of drug-likeness (QED) is 0.344. The first-order valence-corrected chi connectivity index (χ1v) is 0. The Balaban J connectivity index is 0. The van der Waals surface area contributed by atoms with E-state index in [0.717, 1.165) is 0 Å². The van der Waals surface area contributed by atoms with Gasteiger partial charge in [0.15, 0.2) is 0 Å². The van der Waals surface area contributed by atoms with Crippen LogP contribution in [0.1, 0.15) is 0 Å². The molecule has 9 heteroatoms. The van der Waals surface area contributed by atoms with Gasteiger partial charge in [-0.2, -0.15) is 27.0 Å². The third-order valence-electron chi connectivity index (χ3n) is 0. The minimum atomic E-state index is 0. The van der Waals surface area contributed by atoms with Crippen molar-refractivity contribution in [2.75, 3.05) is 0 Å². The van der Waals surface area contributed by atoms with E-state index in [1.807, 2.05) is 0 Å². The van der Waals surface area contributed by atoms with Crippen molar-refractivity contribution in [1.29, 1.82) is 0 Å². The summed E-state index contributed by atoms with van der Waals surface area (Å²) in [6.07, 6.45) is 0. The first-order valence-electron chi connectivity index (χ1n) is 0. The monoisotopic (exact) mass is 547 g/mol. The Bertz CT molecular complexity index is 17.8. The van der Waals surface area contributed by atoms with Gasteiger partial charge >= 0.3 is 0 Å². The molecule has 0 heterocycles. The molecule has 0 saturated carbocycles. The van der Waals surface area contributed by atoms with Crippen LogP contribution in [0.3, 0.4) is 0 Å². The second kappa shape index (κ2) is 56.5. The van der Waals surface area contributed by atoms with Crippen molar-refractivity contribution >= 4 is 163 Å². The molecule has 0 nitrogen and oxygen atoms in total. The van der Waals surface area contributed by atoms with Crippen LogP contribution in [-0.2, 0) is 85.8 Å². The molecule has 0 aliphatic heterocycles. The van der Waals surface area contributed by atoms with Gasteiger partial charge < -0.3 is 0 Å². The molecule has 0 amide bonds. The summed E-state index contributed by atoms with van der Waals surface area (Å²) in [7, 11) is 0. The summed E-state index contributed by atoms with van der Waals surface area (Å²) in [4.78, 5) is 0. The van der Waals surface area contributed by atoms with Crippen molar-refractivity contribution in [1.82, 2.24) is 0 Å². The molecule has 0 atom stereocenters. The van der Waals surface area contributed by atoms with Crippen molar-refractivity contribution in [2.45, 2.75) is 0 Å². The molecule has 0 rings (SSSR count). The predicted octanol–water partition coefficient (Wildman–Crippen LogP) is -0.927. The fourth-order valence-electron chi connectivity index (χ4n) is 0. The normalized spacial score (nSPS) is 0. The molecule has 0 unspecified atom stereocenters. The summed E-state index contributed by atoms with van der Waals surface area (Å²) in [5.74, 6) is 0. The van der Waals surface area contributed by atoms with Crippen LogP contribution in [0.5, 0.6) is 0 Å². The number of hydrogen-bond acceptors (Lipinski definition) is 0. The smallest absolute Gasteiger partial charge is 0 e. The minimum Gasteiger partial charge on any atom is -0.197 e. The first kappa shape index (κ1) is 68.4. The molecule has 0 spiro atoms. The van der Waals surface area contributed by atoms with Crippen LogP contribution in [0.15, 0.2) is 0 Å². The van der Waals surface area contributed by atoms with Gasteiger partial charge in [0.25, 0.3) is 0 Å².